The lowest BCUT2D eigenvalue weighted by Gasteiger charge is -2.36. The second-order valence-corrected chi connectivity index (χ2v) is 19.8. The van der Waals surface area contributed by atoms with E-state index in [0.717, 1.165) is 72.4 Å². The van der Waals surface area contributed by atoms with Crippen molar-refractivity contribution in [3.8, 4) is 23.6 Å². The van der Waals surface area contributed by atoms with Gasteiger partial charge >= 0.3 is 12.1 Å². The molecule has 20 heteroatoms. The summed E-state index contributed by atoms with van der Waals surface area (Å²) in [5, 5.41) is 35.0. The number of carbonyl (C=O) groups excluding carboxylic acids is 4. The van der Waals surface area contributed by atoms with Gasteiger partial charge in [-0.05, 0) is 126 Å². The molecular formula is C54H60Cl2N10O8. The zero-order valence-electron chi connectivity index (χ0n) is 41.1. The van der Waals surface area contributed by atoms with Crippen LogP contribution in [0.15, 0.2) is 60.7 Å². The third kappa shape index (κ3) is 12.5. The fourth-order valence-electron chi connectivity index (χ4n) is 10.5. The van der Waals surface area contributed by atoms with E-state index in [1.807, 2.05) is 36.4 Å². The number of halogens is 2. The van der Waals surface area contributed by atoms with Crippen LogP contribution in [0.3, 0.4) is 0 Å². The number of amides is 6. The van der Waals surface area contributed by atoms with Crippen LogP contribution < -0.4 is 36.1 Å². The molecule has 0 spiro atoms. The van der Waals surface area contributed by atoms with Crippen molar-refractivity contribution in [3.63, 3.8) is 0 Å². The smallest absolute Gasteiger partial charge is 0.314 e. The number of urea groups is 2. The molecule has 4 aromatic carbocycles. The highest BCUT2D eigenvalue weighted by molar-refractivity contribution is 6.31. The summed E-state index contributed by atoms with van der Waals surface area (Å²) in [6.07, 6.45) is 2.99. The van der Waals surface area contributed by atoms with Crippen LogP contribution >= 0.6 is 23.2 Å². The van der Waals surface area contributed by atoms with E-state index >= 15 is 0 Å². The molecular weight excluding hydrogens is 988 g/mol. The quantitative estimate of drug-likeness (QED) is 0.0592. The molecule has 1 fully saturated rings. The van der Waals surface area contributed by atoms with Crippen molar-refractivity contribution in [1.29, 1.82) is 10.5 Å². The fourth-order valence-corrected chi connectivity index (χ4v) is 10.9. The van der Waals surface area contributed by atoms with Gasteiger partial charge in [-0.15, -0.1) is 0 Å². The summed E-state index contributed by atoms with van der Waals surface area (Å²) >= 11 is 12.7. The summed E-state index contributed by atoms with van der Waals surface area (Å²) in [6, 6.07) is 22.2. The number of hydrogen-bond acceptors (Lipinski definition) is 12. The van der Waals surface area contributed by atoms with Gasteiger partial charge in [-0.2, -0.15) is 10.5 Å². The molecule has 0 aromatic heterocycles. The maximum absolute atomic E-state index is 13.3. The molecule has 0 saturated carbocycles. The van der Waals surface area contributed by atoms with Crippen LogP contribution in [0.1, 0.15) is 96.7 Å². The van der Waals surface area contributed by atoms with Gasteiger partial charge in [0.2, 0.25) is 0 Å². The van der Waals surface area contributed by atoms with E-state index in [0.29, 0.717) is 129 Å². The summed E-state index contributed by atoms with van der Waals surface area (Å²) in [7, 11) is 0. The number of benzene rings is 4. The number of unbranched alkanes of at least 4 members (excludes halogenated alkanes) is 1. The Bertz CT molecular complexity index is 2830. The van der Waals surface area contributed by atoms with E-state index in [1.165, 1.54) is 0 Å². The van der Waals surface area contributed by atoms with Crippen molar-refractivity contribution in [3.05, 3.63) is 126 Å². The van der Waals surface area contributed by atoms with Crippen LogP contribution in [0.5, 0.6) is 11.5 Å². The van der Waals surface area contributed by atoms with Crippen LogP contribution in [0, 0.1) is 22.7 Å². The first-order valence-corrected chi connectivity index (χ1v) is 26.1. The van der Waals surface area contributed by atoms with Gasteiger partial charge in [0.15, 0.2) is 0 Å². The highest BCUT2D eigenvalue weighted by atomic mass is 35.5. The summed E-state index contributed by atoms with van der Waals surface area (Å²) < 4.78 is 24.5. The number of nitrogens with one attached hydrogen (secondary N) is 5. The molecule has 3 atom stereocenters. The van der Waals surface area contributed by atoms with Crippen molar-refractivity contribution in [1.82, 2.24) is 41.3 Å². The predicted octanol–water partition coefficient (Wildman–Crippen LogP) is 5.78. The van der Waals surface area contributed by atoms with E-state index in [4.69, 9.17) is 42.1 Å². The van der Waals surface area contributed by atoms with E-state index in [2.05, 4.69) is 43.6 Å². The van der Waals surface area contributed by atoms with Gasteiger partial charge in [0.25, 0.3) is 11.8 Å². The first kappa shape index (κ1) is 52.2. The SMILES string of the molecule is N#Cc1cc(Cl)cc2c1CC[C@H]2Oc1ccc2c(c1)CN(CCOCCNC(=O)NCCCCNC(=O)NCCOCCN1Cc3cc(O[C@H]4c5cc(Cl)cc(C#N)c5C[C@@H]4N4CCNCC4)ccc3C1=O)C2=O. The average molecular weight is 1050 g/mol. The van der Waals surface area contributed by atoms with Gasteiger partial charge in [-0.3, -0.25) is 14.5 Å². The highest BCUT2D eigenvalue weighted by Gasteiger charge is 2.41. The van der Waals surface area contributed by atoms with Crippen LogP contribution in [0.4, 0.5) is 9.59 Å². The van der Waals surface area contributed by atoms with Gasteiger partial charge < -0.3 is 55.3 Å². The molecule has 0 unspecified atom stereocenters. The van der Waals surface area contributed by atoms with Gasteiger partial charge in [-0.25, -0.2) is 9.59 Å². The number of ether oxygens (including phenoxy) is 4. The maximum atomic E-state index is 13.3. The zero-order chi connectivity index (χ0) is 51.6. The number of hydrogen-bond donors (Lipinski definition) is 5. The molecule has 3 heterocycles. The molecule has 388 valence electrons. The normalized spacial score (nSPS) is 18.5. The van der Waals surface area contributed by atoms with Gasteiger partial charge in [0.05, 0.1) is 55.7 Å². The minimum absolute atomic E-state index is 0.0520. The average Bonchev–Trinajstić information content (AvgIpc) is 4.15. The summed E-state index contributed by atoms with van der Waals surface area (Å²) in [5.41, 5.74) is 8.01. The largest absolute Gasteiger partial charge is 0.486 e. The molecule has 0 radical (unpaired) electrons. The molecule has 5 aliphatic rings. The summed E-state index contributed by atoms with van der Waals surface area (Å²) in [4.78, 5) is 56.7. The Kier molecular flexibility index (Phi) is 17.4. The molecule has 6 amide bonds. The van der Waals surface area contributed by atoms with Crippen molar-refractivity contribution in [2.75, 3.05) is 91.9 Å². The summed E-state index contributed by atoms with van der Waals surface area (Å²) in [5.74, 6) is 1.18. The molecule has 2 aliphatic carbocycles. The second-order valence-electron chi connectivity index (χ2n) is 18.9. The lowest BCUT2D eigenvalue weighted by Crippen LogP contribution is -2.50. The Hall–Kier alpha value is -6.64. The molecule has 74 heavy (non-hydrogen) atoms. The maximum Gasteiger partial charge on any atom is 0.314 e. The van der Waals surface area contributed by atoms with E-state index < -0.39 is 0 Å². The Labute approximate surface area is 440 Å². The van der Waals surface area contributed by atoms with Gasteiger partial charge in [0.1, 0.15) is 23.7 Å². The van der Waals surface area contributed by atoms with Crippen molar-refractivity contribution in [2.24, 2.45) is 0 Å². The van der Waals surface area contributed by atoms with Crippen molar-refractivity contribution >= 4 is 47.1 Å². The Morgan fingerprint density at radius 1 is 0.662 bits per heavy atom. The summed E-state index contributed by atoms with van der Waals surface area (Å²) in [6.45, 7) is 7.88. The zero-order valence-corrected chi connectivity index (χ0v) is 42.6. The first-order chi connectivity index (χ1) is 36.1. The van der Waals surface area contributed by atoms with Gasteiger partial charge in [-0.1, -0.05) is 23.2 Å². The number of carbonyl (C=O) groups is 4. The molecule has 9 rings (SSSR count). The topological polar surface area (TPSA) is 223 Å². The fraction of sp³-hybridized carbons (Fsp3) is 0.444. The molecule has 4 aromatic rings. The lowest BCUT2D eigenvalue weighted by molar-refractivity contribution is 0.0665. The monoisotopic (exact) mass is 1050 g/mol. The number of nitriles is 2. The van der Waals surface area contributed by atoms with E-state index in [9.17, 15) is 29.7 Å². The van der Waals surface area contributed by atoms with Crippen LogP contribution in [0.2, 0.25) is 10.0 Å². The highest BCUT2D eigenvalue weighted by Crippen LogP contribution is 2.43. The predicted molar refractivity (Wildman–Crippen MR) is 275 cm³/mol. The first-order valence-electron chi connectivity index (χ1n) is 25.3. The number of fused-ring (bicyclic) bond motifs is 4. The van der Waals surface area contributed by atoms with Gasteiger partial charge in [0, 0.05) is 99.7 Å². The Morgan fingerprint density at radius 2 is 1.19 bits per heavy atom. The third-order valence-corrected chi connectivity index (χ3v) is 14.6. The van der Waals surface area contributed by atoms with Crippen LogP contribution in [-0.4, -0.2) is 136 Å². The van der Waals surface area contributed by atoms with Crippen molar-refractivity contribution in [2.45, 2.75) is 63.4 Å². The molecule has 5 N–H and O–H groups in total. The van der Waals surface area contributed by atoms with E-state index in [1.54, 1.807) is 34.1 Å². The van der Waals surface area contributed by atoms with Crippen LogP contribution in [-0.2, 0) is 35.4 Å². The second kappa shape index (κ2) is 24.6. The molecule has 18 nitrogen and oxygen atoms in total. The van der Waals surface area contributed by atoms with E-state index in [-0.39, 0.29) is 55.3 Å². The standard InChI is InChI=1S/C54H60Cl2N10O8/c55-38-23-34(30-57)42-7-8-49(46(42)27-38)73-40-3-5-43-36(25-40)32-65(51(43)67)17-21-71-19-13-62-53(69)60-9-1-2-10-61-54(70)63-14-20-72-22-18-66-33-37-26-41(4-6-44(37)52(66)68)74-50-47-28-39(56)24-35(31-58)45(47)29-48(50)64-15-11-59-12-16-64/h3-6,23-28,48-50,59H,1-2,7-22,29,32-33H2,(H2,60,62,69)(H2,61,63,70)/t48-,49+,50-/m0/s1. The molecule has 1 saturated heterocycles. The minimum Gasteiger partial charge on any atom is -0.486 e. The minimum atomic E-state index is -0.316. The third-order valence-electron chi connectivity index (χ3n) is 14.1. The Balaban J connectivity index is 0.583. The molecule has 3 aliphatic heterocycles. The lowest BCUT2D eigenvalue weighted by atomic mass is 10.0. The number of nitrogens with zero attached hydrogens (tertiary/aromatic N) is 5. The number of rotatable bonds is 22. The van der Waals surface area contributed by atoms with Crippen LogP contribution in [0.25, 0.3) is 0 Å². The Morgan fingerprint density at radius 3 is 1.76 bits per heavy atom. The number of piperazine rings is 1. The van der Waals surface area contributed by atoms with Crippen molar-refractivity contribution < 1.29 is 38.1 Å². The molecule has 0 bridgehead atoms.